The van der Waals surface area contributed by atoms with E-state index >= 15 is 0 Å². The largest absolute Gasteiger partial charge is 0.497 e. The maximum absolute atomic E-state index is 12.4. The fraction of sp³-hybridized carbons (Fsp3) is 0.286. The number of hydrogen-bond donors (Lipinski definition) is 1. The first-order chi connectivity index (χ1) is 16.0. The fourth-order valence-corrected chi connectivity index (χ4v) is 5.09. The monoisotopic (exact) mass is 508 g/mol. The van der Waals surface area contributed by atoms with Crippen molar-refractivity contribution in [1.29, 1.82) is 0 Å². The smallest absolute Gasteiger partial charge is 0.322 e. The van der Waals surface area contributed by atoms with Crippen molar-refractivity contribution in [3.05, 3.63) is 48.5 Å². The summed E-state index contributed by atoms with van der Waals surface area (Å²) < 4.78 is 60.6. The number of hydrogen-bond acceptors (Lipinski definition) is 9. The van der Waals surface area contributed by atoms with Gasteiger partial charge in [-0.2, -0.15) is 0 Å². The van der Waals surface area contributed by atoms with Crippen LogP contribution in [0.25, 0.3) is 11.5 Å². The Morgan fingerprint density at radius 1 is 0.971 bits per heavy atom. The first-order valence-corrected chi connectivity index (χ1v) is 13.2. The van der Waals surface area contributed by atoms with Gasteiger partial charge in [0.2, 0.25) is 21.8 Å². The Hall–Kier alpha value is -3.29. The number of sulfone groups is 1. The molecule has 0 radical (unpaired) electrons. The minimum Gasteiger partial charge on any atom is -0.497 e. The van der Waals surface area contributed by atoms with E-state index in [9.17, 15) is 21.6 Å². The lowest BCUT2D eigenvalue weighted by Crippen LogP contribution is -2.22. The summed E-state index contributed by atoms with van der Waals surface area (Å²) in [5, 5.41) is 10.0. The Morgan fingerprint density at radius 3 is 2.18 bits per heavy atom. The molecular weight excluding hydrogens is 484 g/mol. The van der Waals surface area contributed by atoms with Crippen LogP contribution in [0.2, 0.25) is 0 Å². The number of aromatic nitrogens is 2. The van der Waals surface area contributed by atoms with E-state index in [-0.39, 0.29) is 40.3 Å². The molecule has 1 N–H and O–H groups in total. The van der Waals surface area contributed by atoms with Crippen molar-refractivity contribution < 1.29 is 30.8 Å². The van der Waals surface area contributed by atoms with Crippen LogP contribution in [0.3, 0.4) is 0 Å². The van der Waals surface area contributed by atoms with Crippen molar-refractivity contribution in [2.24, 2.45) is 0 Å². The Bertz CT molecular complexity index is 1350. The van der Waals surface area contributed by atoms with Gasteiger partial charge in [0, 0.05) is 26.1 Å². The summed E-state index contributed by atoms with van der Waals surface area (Å²) >= 11 is 0. The Labute approximate surface area is 197 Å². The van der Waals surface area contributed by atoms with Gasteiger partial charge in [0.1, 0.15) is 5.75 Å². The minimum absolute atomic E-state index is 0.0653. The van der Waals surface area contributed by atoms with Crippen LogP contribution < -0.4 is 10.1 Å². The molecule has 0 aliphatic carbocycles. The van der Waals surface area contributed by atoms with Crippen molar-refractivity contribution in [1.82, 2.24) is 14.5 Å². The van der Waals surface area contributed by atoms with Gasteiger partial charge in [-0.05, 0) is 55.0 Å². The molecule has 182 valence electrons. The van der Waals surface area contributed by atoms with E-state index in [0.29, 0.717) is 11.3 Å². The van der Waals surface area contributed by atoms with Crippen LogP contribution >= 0.6 is 0 Å². The third-order valence-corrected chi connectivity index (χ3v) is 8.43. The molecule has 13 heteroatoms. The van der Waals surface area contributed by atoms with Crippen LogP contribution in [0.15, 0.2) is 62.7 Å². The second-order valence-electron chi connectivity index (χ2n) is 7.37. The predicted octanol–water partition coefficient (Wildman–Crippen LogP) is 2.19. The molecule has 34 heavy (non-hydrogen) atoms. The molecule has 0 bridgehead atoms. The Morgan fingerprint density at radius 2 is 1.59 bits per heavy atom. The maximum Gasteiger partial charge on any atom is 0.322 e. The summed E-state index contributed by atoms with van der Waals surface area (Å²) in [6.45, 7) is 0. The Balaban J connectivity index is 1.55. The predicted molar refractivity (Wildman–Crippen MR) is 124 cm³/mol. The highest BCUT2D eigenvalue weighted by atomic mass is 32.2. The standard InChI is InChI=1S/C21H24N4O7S2/c1-25(2)34(29,30)18-10-6-15(7-11-18)20-23-24-21(32-20)22-19(26)5-4-14-33(27,28)17-12-8-16(31-3)9-13-17/h6-13H,4-5,14H2,1-3H3,(H,22,24,26). The van der Waals surface area contributed by atoms with Crippen LogP contribution in [-0.2, 0) is 24.7 Å². The van der Waals surface area contributed by atoms with Crippen LogP contribution in [0.4, 0.5) is 6.01 Å². The average Bonchev–Trinajstić information content (AvgIpc) is 3.27. The number of anilines is 1. The molecule has 0 fully saturated rings. The van der Waals surface area contributed by atoms with Gasteiger partial charge in [-0.1, -0.05) is 5.10 Å². The zero-order chi connectivity index (χ0) is 24.9. The van der Waals surface area contributed by atoms with Crippen LogP contribution in [0, 0.1) is 0 Å². The van der Waals surface area contributed by atoms with Crippen LogP contribution in [0.5, 0.6) is 5.75 Å². The molecule has 1 amide bonds. The maximum atomic E-state index is 12.4. The molecule has 0 saturated heterocycles. The first-order valence-electron chi connectivity index (χ1n) is 10.1. The van der Waals surface area contributed by atoms with Gasteiger partial charge in [-0.3, -0.25) is 10.1 Å². The molecule has 3 rings (SSSR count). The highest BCUT2D eigenvalue weighted by Gasteiger charge is 2.19. The number of carbonyl (C=O) groups is 1. The van der Waals surface area contributed by atoms with Crippen LogP contribution in [-0.4, -0.2) is 64.2 Å². The zero-order valence-electron chi connectivity index (χ0n) is 18.8. The molecule has 0 aliphatic heterocycles. The number of carbonyl (C=O) groups excluding carboxylic acids is 1. The van der Waals surface area contributed by atoms with Gasteiger partial charge in [-0.25, -0.2) is 21.1 Å². The van der Waals surface area contributed by atoms with Crippen molar-refractivity contribution in [3.8, 4) is 17.2 Å². The number of nitrogens with one attached hydrogen (secondary N) is 1. The van der Waals surface area contributed by atoms with Gasteiger partial charge in [-0.15, -0.1) is 5.10 Å². The molecule has 0 unspecified atom stereocenters. The van der Waals surface area contributed by atoms with Gasteiger partial charge in [0.15, 0.2) is 9.84 Å². The lowest BCUT2D eigenvalue weighted by atomic mass is 10.2. The summed E-state index contributed by atoms with van der Waals surface area (Å²) in [6.07, 6.45) is 0.0349. The third kappa shape index (κ3) is 5.98. The number of amides is 1. The topological polar surface area (TPSA) is 149 Å². The van der Waals surface area contributed by atoms with Crippen molar-refractivity contribution in [3.63, 3.8) is 0 Å². The number of ether oxygens (including phenoxy) is 1. The molecule has 3 aromatic rings. The number of sulfonamides is 1. The summed E-state index contributed by atoms with van der Waals surface area (Å²) in [5.74, 6) is -0.0464. The fourth-order valence-electron chi connectivity index (χ4n) is 2.88. The molecule has 0 spiro atoms. The second kappa shape index (κ2) is 10.3. The number of rotatable bonds is 10. The van der Waals surface area contributed by atoms with Crippen molar-refractivity contribution in [2.45, 2.75) is 22.6 Å². The number of benzene rings is 2. The molecule has 0 atom stereocenters. The summed E-state index contributed by atoms with van der Waals surface area (Å²) in [4.78, 5) is 12.4. The average molecular weight is 509 g/mol. The minimum atomic E-state index is -3.57. The number of nitrogens with zero attached hydrogens (tertiary/aromatic N) is 3. The van der Waals surface area contributed by atoms with E-state index in [1.54, 1.807) is 12.1 Å². The quantitative estimate of drug-likeness (QED) is 0.435. The van der Waals surface area contributed by atoms with Crippen LogP contribution in [0.1, 0.15) is 12.8 Å². The molecule has 0 aliphatic rings. The Kier molecular flexibility index (Phi) is 7.69. The van der Waals surface area contributed by atoms with Crippen molar-refractivity contribution in [2.75, 3.05) is 32.3 Å². The molecule has 1 heterocycles. The normalized spacial score (nSPS) is 12.0. The van der Waals surface area contributed by atoms with E-state index < -0.39 is 25.8 Å². The van der Waals surface area contributed by atoms with E-state index in [1.807, 2.05) is 0 Å². The summed E-state index contributed by atoms with van der Waals surface area (Å²) in [5.41, 5.74) is 0.469. The number of methoxy groups -OCH3 is 1. The first kappa shape index (κ1) is 25.3. The molecule has 11 nitrogen and oxygen atoms in total. The van der Waals surface area contributed by atoms with Gasteiger partial charge >= 0.3 is 6.01 Å². The van der Waals surface area contributed by atoms with E-state index in [2.05, 4.69) is 15.5 Å². The lowest BCUT2D eigenvalue weighted by molar-refractivity contribution is -0.116. The van der Waals surface area contributed by atoms with Gasteiger partial charge < -0.3 is 9.15 Å². The molecule has 1 aromatic heterocycles. The molecular formula is C21H24N4O7S2. The highest BCUT2D eigenvalue weighted by Crippen LogP contribution is 2.23. The van der Waals surface area contributed by atoms with E-state index in [0.717, 1.165) is 4.31 Å². The van der Waals surface area contributed by atoms with E-state index in [4.69, 9.17) is 9.15 Å². The highest BCUT2D eigenvalue weighted by molar-refractivity contribution is 7.91. The summed E-state index contributed by atoms with van der Waals surface area (Å²) in [7, 11) is -2.74. The lowest BCUT2D eigenvalue weighted by Gasteiger charge is -2.11. The SMILES string of the molecule is COc1ccc(S(=O)(=O)CCCC(=O)Nc2nnc(-c3ccc(S(=O)(=O)N(C)C)cc3)o2)cc1. The molecule has 0 saturated carbocycles. The zero-order valence-corrected chi connectivity index (χ0v) is 20.4. The molecule has 2 aromatic carbocycles. The third-order valence-electron chi connectivity index (χ3n) is 4.79. The van der Waals surface area contributed by atoms with Gasteiger partial charge in [0.05, 0.1) is 22.7 Å². The second-order valence-corrected chi connectivity index (χ2v) is 11.6. The van der Waals surface area contributed by atoms with Crippen molar-refractivity contribution >= 4 is 31.8 Å². The summed E-state index contributed by atoms with van der Waals surface area (Å²) in [6, 6.07) is 11.7. The van der Waals surface area contributed by atoms with E-state index in [1.165, 1.54) is 57.6 Å². The van der Waals surface area contributed by atoms with Gasteiger partial charge in [0.25, 0.3) is 0 Å².